The average molecular weight is 426 g/mol. The van der Waals surface area contributed by atoms with Crippen LogP contribution in [0.2, 0.25) is 5.02 Å². The first-order valence-electron chi connectivity index (χ1n) is 8.85. The summed E-state index contributed by atoms with van der Waals surface area (Å²) in [6.45, 7) is 1.70. The lowest BCUT2D eigenvalue weighted by atomic mass is 10.2. The topological polar surface area (TPSA) is 69.7 Å². The van der Waals surface area contributed by atoms with E-state index in [9.17, 15) is 17.6 Å². The number of piperazine rings is 1. The van der Waals surface area contributed by atoms with Crippen molar-refractivity contribution in [3.63, 3.8) is 0 Å². The van der Waals surface area contributed by atoms with Crippen molar-refractivity contribution in [2.24, 2.45) is 0 Å². The number of hydrogen-bond acceptors (Lipinski definition) is 4. The fraction of sp³-hybridized carbons (Fsp3) is 0.316. The molecule has 6 nitrogen and oxygen atoms in total. The standard InChI is InChI=1S/C19H21ClFN3O3S/c20-16-6-2-1-5-15(16)13-22-19(25)14-23-9-11-24(12-10-23)28(26,27)18-8-4-3-7-17(18)21/h1-8H,9-14H2,(H,22,25). The van der Waals surface area contributed by atoms with E-state index in [1.165, 1.54) is 22.5 Å². The molecule has 1 aliphatic rings. The summed E-state index contributed by atoms with van der Waals surface area (Å²) in [4.78, 5) is 13.7. The number of nitrogens with one attached hydrogen (secondary N) is 1. The van der Waals surface area contributed by atoms with E-state index in [0.717, 1.165) is 11.6 Å². The van der Waals surface area contributed by atoms with Crippen molar-refractivity contribution in [1.29, 1.82) is 0 Å². The maximum absolute atomic E-state index is 13.9. The molecule has 0 atom stereocenters. The molecule has 9 heteroatoms. The molecular formula is C19H21ClFN3O3S. The molecule has 3 rings (SSSR count). The van der Waals surface area contributed by atoms with Gasteiger partial charge in [-0.25, -0.2) is 12.8 Å². The van der Waals surface area contributed by atoms with Gasteiger partial charge in [-0.05, 0) is 23.8 Å². The Bertz CT molecular complexity index is 947. The number of nitrogens with zero attached hydrogens (tertiary/aromatic N) is 2. The molecule has 0 aromatic heterocycles. The van der Waals surface area contributed by atoms with E-state index in [4.69, 9.17) is 11.6 Å². The Labute approximate surface area is 168 Å². The molecule has 1 amide bonds. The van der Waals surface area contributed by atoms with Crippen LogP contribution in [-0.4, -0.2) is 56.3 Å². The maximum Gasteiger partial charge on any atom is 0.246 e. The number of carbonyl (C=O) groups excluding carboxylic acids is 1. The predicted molar refractivity (Wildman–Crippen MR) is 105 cm³/mol. The van der Waals surface area contributed by atoms with Crippen molar-refractivity contribution in [2.45, 2.75) is 11.4 Å². The number of carbonyl (C=O) groups is 1. The molecule has 1 saturated heterocycles. The Balaban J connectivity index is 1.51. The smallest absolute Gasteiger partial charge is 0.246 e. The summed E-state index contributed by atoms with van der Waals surface area (Å²) in [6.07, 6.45) is 0. The fourth-order valence-electron chi connectivity index (χ4n) is 3.02. The summed E-state index contributed by atoms with van der Waals surface area (Å²) in [5, 5.41) is 3.41. The minimum atomic E-state index is -3.88. The molecule has 1 heterocycles. The lowest BCUT2D eigenvalue weighted by Crippen LogP contribution is -2.51. The van der Waals surface area contributed by atoms with Gasteiger partial charge >= 0.3 is 0 Å². The van der Waals surface area contributed by atoms with Gasteiger partial charge in [-0.2, -0.15) is 4.31 Å². The summed E-state index contributed by atoms with van der Waals surface area (Å²) in [5.41, 5.74) is 0.832. The number of halogens is 2. The van der Waals surface area contributed by atoms with Gasteiger partial charge < -0.3 is 5.32 Å². The van der Waals surface area contributed by atoms with E-state index in [2.05, 4.69) is 5.32 Å². The van der Waals surface area contributed by atoms with Crippen molar-refractivity contribution in [3.8, 4) is 0 Å². The minimum absolute atomic E-state index is 0.162. The number of hydrogen-bond donors (Lipinski definition) is 1. The highest BCUT2D eigenvalue weighted by atomic mass is 35.5. The van der Waals surface area contributed by atoms with Gasteiger partial charge in [-0.3, -0.25) is 9.69 Å². The molecule has 2 aromatic rings. The van der Waals surface area contributed by atoms with Crippen LogP contribution in [0.25, 0.3) is 0 Å². The third-order valence-electron chi connectivity index (χ3n) is 4.59. The number of rotatable bonds is 6. The fourth-order valence-corrected chi connectivity index (χ4v) is 4.71. The van der Waals surface area contributed by atoms with Gasteiger partial charge in [-0.15, -0.1) is 0 Å². The zero-order valence-corrected chi connectivity index (χ0v) is 16.7. The predicted octanol–water partition coefficient (Wildman–Crippen LogP) is 2.10. The van der Waals surface area contributed by atoms with Crippen molar-refractivity contribution in [1.82, 2.24) is 14.5 Å². The summed E-state index contributed by atoms with van der Waals surface area (Å²) in [6, 6.07) is 12.6. The van der Waals surface area contributed by atoms with Crippen LogP contribution in [0.4, 0.5) is 4.39 Å². The summed E-state index contributed by atoms with van der Waals surface area (Å²) >= 11 is 6.07. The summed E-state index contributed by atoms with van der Waals surface area (Å²) in [5.74, 6) is -0.922. The number of amides is 1. The highest BCUT2D eigenvalue weighted by Gasteiger charge is 2.30. The van der Waals surface area contributed by atoms with E-state index in [1.807, 2.05) is 23.1 Å². The SMILES string of the molecule is O=C(CN1CCN(S(=O)(=O)c2ccccc2F)CC1)NCc1ccccc1Cl. The zero-order chi connectivity index (χ0) is 20.1. The van der Waals surface area contributed by atoms with Crippen LogP contribution in [0, 0.1) is 5.82 Å². The number of sulfonamides is 1. The van der Waals surface area contributed by atoms with E-state index >= 15 is 0 Å². The first-order valence-corrected chi connectivity index (χ1v) is 10.7. The van der Waals surface area contributed by atoms with E-state index in [0.29, 0.717) is 24.7 Å². The largest absolute Gasteiger partial charge is 0.351 e. The molecule has 1 aliphatic heterocycles. The first kappa shape index (κ1) is 20.7. The monoisotopic (exact) mass is 425 g/mol. The Kier molecular flexibility index (Phi) is 6.66. The quantitative estimate of drug-likeness (QED) is 0.769. The Morgan fingerprint density at radius 1 is 1.04 bits per heavy atom. The van der Waals surface area contributed by atoms with Crippen LogP contribution in [-0.2, 0) is 21.4 Å². The highest BCUT2D eigenvalue weighted by molar-refractivity contribution is 7.89. The van der Waals surface area contributed by atoms with Gasteiger partial charge in [0.1, 0.15) is 10.7 Å². The highest BCUT2D eigenvalue weighted by Crippen LogP contribution is 2.20. The molecule has 0 spiro atoms. The van der Waals surface area contributed by atoms with Crippen molar-refractivity contribution in [2.75, 3.05) is 32.7 Å². The van der Waals surface area contributed by atoms with Gasteiger partial charge in [-0.1, -0.05) is 41.9 Å². The molecule has 0 saturated carbocycles. The molecule has 0 unspecified atom stereocenters. The van der Waals surface area contributed by atoms with Crippen LogP contribution < -0.4 is 5.32 Å². The number of benzene rings is 2. The second-order valence-electron chi connectivity index (χ2n) is 6.48. The first-order chi connectivity index (χ1) is 13.4. The molecule has 0 bridgehead atoms. The Morgan fingerprint density at radius 3 is 2.36 bits per heavy atom. The van der Waals surface area contributed by atoms with E-state index in [-0.39, 0.29) is 30.4 Å². The Hall–Kier alpha value is -2.00. The van der Waals surface area contributed by atoms with Crippen molar-refractivity contribution >= 4 is 27.5 Å². The molecule has 1 N–H and O–H groups in total. The van der Waals surface area contributed by atoms with Crippen molar-refractivity contribution in [3.05, 3.63) is 64.9 Å². The molecule has 2 aromatic carbocycles. The molecule has 1 fully saturated rings. The average Bonchev–Trinajstić information content (AvgIpc) is 2.68. The van der Waals surface area contributed by atoms with Gasteiger partial charge in [0.05, 0.1) is 6.54 Å². The van der Waals surface area contributed by atoms with Crippen LogP contribution in [0.15, 0.2) is 53.4 Å². The van der Waals surface area contributed by atoms with Crippen molar-refractivity contribution < 1.29 is 17.6 Å². The summed E-state index contributed by atoms with van der Waals surface area (Å²) < 4.78 is 40.3. The Morgan fingerprint density at radius 2 is 1.68 bits per heavy atom. The second kappa shape index (κ2) is 9.00. The third-order valence-corrected chi connectivity index (χ3v) is 6.89. The third kappa shape index (κ3) is 4.88. The summed E-state index contributed by atoms with van der Waals surface area (Å²) in [7, 11) is -3.88. The molecular weight excluding hydrogens is 405 g/mol. The van der Waals surface area contributed by atoms with Crippen LogP contribution >= 0.6 is 11.6 Å². The lowest BCUT2D eigenvalue weighted by Gasteiger charge is -2.33. The molecule has 150 valence electrons. The van der Waals surface area contributed by atoms with Crippen LogP contribution in [0.5, 0.6) is 0 Å². The maximum atomic E-state index is 13.9. The van der Waals surface area contributed by atoms with Gasteiger partial charge in [0, 0.05) is 37.7 Å². The minimum Gasteiger partial charge on any atom is -0.351 e. The van der Waals surface area contributed by atoms with Crippen LogP contribution in [0.1, 0.15) is 5.56 Å². The van der Waals surface area contributed by atoms with E-state index in [1.54, 1.807) is 6.07 Å². The lowest BCUT2D eigenvalue weighted by molar-refractivity contribution is -0.122. The zero-order valence-electron chi connectivity index (χ0n) is 15.1. The normalized spacial score (nSPS) is 16.1. The second-order valence-corrected chi connectivity index (χ2v) is 8.79. The van der Waals surface area contributed by atoms with Gasteiger partial charge in [0.15, 0.2) is 0 Å². The molecule has 0 aliphatic carbocycles. The van der Waals surface area contributed by atoms with Gasteiger partial charge in [0.2, 0.25) is 15.9 Å². The van der Waals surface area contributed by atoms with E-state index < -0.39 is 15.8 Å². The van der Waals surface area contributed by atoms with Gasteiger partial charge in [0.25, 0.3) is 0 Å². The molecule has 28 heavy (non-hydrogen) atoms. The molecule has 0 radical (unpaired) electrons. The van der Waals surface area contributed by atoms with Crippen LogP contribution in [0.3, 0.4) is 0 Å².